The van der Waals surface area contributed by atoms with Crippen molar-refractivity contribution in [2.75, 3.05) is 7.05 Å². The van der Waals surface area contributed by atoms with E-state index in [1.54, 1.807) is 7.05 Å². The summed E-state index contributed by atoms with van der Waals surface area (Å²) in [6, 6.07) is 0. The van der Waals surface area contributed by atoms with Crippen LogP contribution in [0, 0.1) is 5.41 Å². The number of carbonyl (C=O) groups excluding carboxylic acids is 1. The van der Waals surface area contributed by atoms with Crippen LogP contribution in [-0.2, 0) is 4.79 Å². The highest BCUT2D eigenvalue weighted by atomic mass is 16.2. The molecule has 0 atom stereocenters. The summed E-state index contributed by atoms with van der Waals surface area (Å²) in [5, 5.41) is 2.63. The Morgan fingerprint density at radius 2 is 1.75 bits per heavy atom. The smallest absolute Gasteiger partial charge is 0.225 e. The lowest BCUT2D eigenvalue weighted by Crippen LogP contribution is -2.44. The predicted molar refractivity (Wildman–Crippen MR) is 50.7 cm³/mol. The molecule has 0 aliphatic carbocycles. The molecular formula is C9H20N2O. The van der Waals surface area contributed by atoms with Crippen molar-refractivity contribution in [3.8, 4) is 0 Å². The quantitative estimate of drug-likeness (QED) is 0.664. The third-order valence-corrected chi connectivity index (χ3v) is 1.74. The zero-order chi connectivity index (χ0) is 9.99. The van der Waals surface area contributed by atoms with Crippen LogP contribution in [0.2, 0.25) is 0 Å². The fourth-order valence-corrected chi connectivity index (χ4v) is 1.56. The molecule has 1 amide bonds. The number of carbonyl (C=O) groups is 1. The molecule has 0 fully saturated rings. The first-order chi connectivity index (χ1) is 5.19. The topological polar surface area (TPSA) is 55.1 Å². The number of rotatable bonds is 3. The van der Waals surface area contributed by atoms with Crippen LogP contribution in [0.5, 0.6) is 0 Å². The number of hydrogen-bond donors (Lipinski definition) is 2. The van der Waals surface area contributed by atoms with E-state index in [1.807, 2.05) is 27.7 Å². The lowest BCUT2D eigenvalue weighted by molar-refractivity contribution is -0.129. The highest BCUT2D eigenvalue weighted by Crippen LogP contribution is 2.26. The summed E-state index contributed by atoms with van der Waals surface area (Å²) >= 11 is 0. The largest absolute Gasteiger partial charge is 0.359 e. The molecular weight excluding hydrogens is 152 g/mol. The van der Waals surface area contributed by atoms with E-state index in [0.717, 1.165) is 0 Å². The molecule has 0 saturated carbocycles. The first-order valence-electron chi connectivity index (χ1n) is 4.20. The highest BCUT2D eigenvalue weighted by molar-refractivity contribution is 5.81. The second-order valence-electron chi connectivity index (χ2n) is 4.63. The van der Waals surface area contributed by atoms with Gasteiger partial charge in [0, 0.05) is 18.0 Å². The van der Waals surface area contributed by atoms with Crippen molar-refractivity contribution in [1.82, 2.24) is 5.32 Å². The van der Waals surface area contributed by atoms with Crippen molar-refractivity contribution in [2.45, 2.75) is 39.7 Å². The Morgan fingerprint density at radius 1 is 1.33 bits per heavy atom. The average molecular weight is 172 g/mol. The standard InChI is InChI=1S/C9H20N2O/c1-8(2,7(12)11-5)6-9(3,4)10/h6,10H2,1-5H3,(H,11,12). The van der Waals surface area contributed by atoms with Gasteiger partial charge in [0.2, 0.25) is 5.91 Å². The van der Waals surface area contributed by atoms with Crippen LogP contribution in [-0.4, -0.2) is 18.5 Å². The molecule has 0 spiro atoms. The van der Waals surface area contributed by atoms with Gasteiger partial charge in [-0.1, -0.05) is 13.8 Å². The molecule has 0 aromatic heterocycles. The molecule has 0 rings (SSSR count). The summed E-state index contributed by atoms with van der Waals surface area (Å²) in [5.74, 6) is 0.0426. The number of amides is 1. The second kappa shape index (κ2) is 3.44. The molecule has 0 aromatic carbocycles. The minimum Gasteiger partial charge on any atom is -0.359 e. The lowest BCUT2D eigenvalue weighted by Gasteiger charge is -2.30. The van der Waals surface area contributed by atoms with Gasteiger partial charge in [-0.2, -0.15) is 0 Å². The van der Waals surface area contributed by atoms with Crippen LogP contribution < -0.4 is 11.1 Å². The third kappa shape index (κ3) is 3.72. The van der Waals surface area contributed by atoms with E-state index in [1.165, 1.54) is 0 Å². The van der Waals surface area contributed by atoms with E-state index in [9.17, 15) is 4.79 Å². The maximum absolute atomic E-state index is 11.3. The van der Waals surface area contributed by atoms with E-state index in [0.29, 0.717) is 6.42 Å². The van der Waals surface area contributed by atoms with Gasteiger partial charge in [-0.15, -0.1) is 0 Å². The Morgan fingerprint density at radius 3 is 2.00 bits per heavy atom. The van der Waals surface area contributed by atoms with Gasteiger partial charge in [0.1, 0.15) is 0 Å². The normalized spacial score (nSPS) is 12.8. The molecule has 0 saturated heterocycles. The van der Waals surface area contributed by atoms with Gasteiger partial charge in [0.05, 0.1) is 0 Å². The lowest BCUT2D eigenvalue weighted by atomic mass is 9.80. The molecule has 3 heteroatoms. The Balaban J connectivity index is 4.32. The summed E-state index contributed by atoms with van der Waals surface area (Å²) in [4.78, 5) is 11.3. The maximum Gasteiger partial charge on any atom is 0.225 e. The van der Waals surface area contributed by atoms with Crippen LogP contribution in [0.15, 0.2) is 0 Å². The van der Waals surface area contributed by atoms with Crippen molar-refractivity contribution in [3.63, 3.8) is 0 Å². The van der Waals surface area contributed by atoms with Crippen molar-refractivity contribution >= 4 is 5.91 Å². The van der Waals surface area contributed by atoms with E-state index in [4.69, 9.17) is 5.73 Å². The second-order valence-corrected chi connectivity index (χ2v) is 4.63. The van der Waals surface area contributed by atoms with Crippen LogP contribution in [0.25, 0.3) is 0 Å². The minimum absolute atomic E-state index is 0.0426. The van der Waals surface area contributed by atoms with Gasteiger partial charge < -0.3 is 11.1 Å². The Kier molecular flexibility index (Phi) is 3.27. The fraction of sp³-hybridized carbons (Fsp3) is 0.889. The summed E-state index contributed by atoms with van der Waals surface area (Å²) in [6.45, 7) is 7.66. The highest BCUT2D eigenvalue weighted by Gasteiger charge is 2.31. The molecule has 0 unspecified atom stereocenters. The summed E-state index contributed by atoms with van der Waals surface area (Å²) in [5.41, 5.74) is 5.16. The number of hydrogen-bond acceptors (Lipinski definition) is 2. The average Bonchev–Trinajstić information content (AvgIpc) is 1.80. The summed E-state index contributed by atoms with van der Waals surface area (Å²) < 4.78 is 0. The van der Waals surface area contributed by atoms with Crippen LogP contribution in [0.3, 0.4) is 0 Å². The van der Waals surface area contributed by atoms with Gasteiger partial charge >= 0.3 is 0 Å². The molecule has 0 bridgehead atoms. The fourth-order valence-electron chi connectivity index (χ4n) is 1.56. The zero-order valence-corrected chi connectivity index (χ0v) is 8.69. The molecule has 0 aliphatic heterocycles. The zero-order valence-electron chi connectivity index (χ0n) is 8.69. The van der Waals surface area contributed by atoms with E-state index in [2.05, 4.69) is 5.32 Å². The van der Waals surface area contributed by atoms with Crippen molar-refractivity contribution in [1.29, 1.82) is 0 Å². The van der Waals surface area contributed by atoms with Gasteiger partial charge in [0.15, 0.2) is 0 Å². The molecule has 3 N–H and O–H groups in total. The van der Waals surface area contributed by atoms with Gasteiger partial charge in [-0.25, -0.2) is 0 Å². The first kappa shape index (κ1) is 11.4. The van der Waals surface area contributed by atoms with E-state index < -0.39 is 0 Å². The predicted octanol–water partition coefficient (Wildman–Crippen LogP) is 0.886. The van der Waals surface area contributed by atoms with Crippen LogP contribution in [0.4, 0.5) is 0 Å². The number of nitrogens with two attached hydrogens (primary N) is 1. The molecule has 0 aromatic rings. The Hall–Kier alpha value is -0.570. The van der Waals surface area contributed by atoms with Crippen LogP contribution in [0.1, 0.15) is 34.1 Å². The Bertz CT molecular complexity index is 168. The number of nitrogens with one attached hydrogen (secondary N) is 1. The van der Waals surface area contributed by atoms with E-state index >= 15 is 0 Å². The third-order valence-electron chi connectivity index (χ3n) is 1.74. The molecule has 0 radical (unpaired) electrons. The molecule has 3 nitrogen and oxygen atoms in total. The van der Waals surface area contributed by atoms with E-state index in [-0.39, 0.29) is 16.9 Å². The summed E-state index contributed by atoms with van der Waals surface area (Å²) in [6.07, 6.45) is 0.680. The molecule has 72 valence electrons. The van der Waals surface area contributed by atoms with Crippen LogP contribution >= 0.6 is 0 Å². The molecule has 0 heterocycles. The minimum atomic E-state index is -0.382. The first-order valence-corrected chi connectivity index (χ1v) is 4.20. The van der Waals surface area contributed by atoms with Crippen molar-refractivity contribution < 1.29 is 4.79 Å². The van der Waals surface area contributed by atoms with Gasteiger partial charge in [0.25, 0.3) is 0 Å². The monoisotopic (exact) mass is 172 g/mol. The Labute approximate surface area is 74.7 Å². The van der Waals surface area contributed by atoms with Crippen molar-refractivity contribution in [3.05, 3.63) is 0 Å². The molecule has 12 heavy (non-hydrogen) atoms. The SMILES string of the molecule is CNC(=O)C(C)(C)CC(C)(C)N. The molecule has 0 aliphatic rings. The maximum atomic E-state index is 11.3. The van der Waals surface area contributed by atoms with Crippen molar-refractivity contribution in [2.24, 2.45) is 11.1 Å². The van der Waals surface area contributed by atoms with Gasteiger partial charge in [-0.3, -0.25) is 4.79 Å². The van der Waals surface area contributed by atoms with Gasteiger partial charge in [-0.05, 0) is 20.3 Å². The summed E-state index contributed by atoms with van der Waals surface area (Å²) in [7, 11) is 1.65.